The van der Waals surface area contributed by atoms with E-state index in [1.54, 1.807) is 41.4 Å². The van der Waals surface area contributed by atoms with Crippen LogP contribution in [0.1, 0.15) is 13.8 Å². The molecule has 0 N–H and O–H groups in total. The summed E-state index contributed by atoms with van der Waals surface area (Å²) in [5, 5.41) is 0. The Bertz CT molecular complexity index is 714. The van der Waals surface area contributed by atoms with Crippen LogP contribution in [0, 0.1) is 5.82 Å². The van der Waals surface area contributed by atoms with Crippen LogP contribution in [0.2, 0.25) is 0 Å². The molecule has 5 nitrogen and oxygen atoms in total. The fourth-order valence-electron chi connectivity index (χ4n) is 2.44. The number of anilines is 1. The van der Waals surface area contributed by atoms with Gasteiger partial charge in [-0.3, -0.25) is 9.88 Å². The molecular weight excluding hydrogens is 283 g/mol. The number of nitrogens with zero attached hydrogens (tertiary/aromatic N) is 4. The van der Waals surface area contributed by atoms with E-state index in [2.05, 4.69) is 9.97 Å². The molecule has 1 aliphatic rings. The van der Waals surface area contributed by atoms with Crippen LogP contribution in [-0.2, 0) is 0 Å². The van der Waals surface area contributed by atoms with Crippen molar-refractivity contribution >= 4 is 11.8 Å². The molecule has 114 valence electrons. The van der Waals surface area contributed by atoms with E-state index in [0.717, 1.165) is 0 Å². The van der Waals surface area contributed by atoms with E-state index >= 15 is 0 Å². The summed E-state index contributed by atoms with van der Waals surface area (Å²) in [5.41, 5.74) is 0.978. The lowest BCUT2D eigenvalue weighted by molar-refractivity contribution is 0.198. The van der Waals surface area contributed by atoms with Crippen molar-refractivity contribution in [1.82, 2.24) is 14.9 Å². The van der Waals surface area contributed by atoms with Crippen molar-refractivity contribution in [3.8, 4) is 11.3 Å². The molecule has 0 radical (unpaired) electrons. The van der Waals surface area contributed by atoms with E-state index in [1.165, 1.54) is 12.1 Å². The lowest BCUT2D eigenvalue weighted by Crippen LogP contribution is -2.38. The smallest absolute Gasteiger partial charge is 0.320 e. The second-order valence-electron chi connectivity index (χ2n) is 6.01. The molecule has 2 amide bonds. The minimum atomic E-state index is -0.318. The van der Waals surface area contributed by atoms with Gasteiger partial charge < -0.3 is 4.90 Å². The monoisotopic (exact) mass is 300 g/mol. The highest BCUT2D eigenvalue weighted by Gasteiger charge is 2.41. The first-order chi connectivity index (χ1) is 10.4. The van der Waals surface area contributed by atoms with Crippen molar-refractivity contribution in [1.29, 1.82) is 0 Å². The molecule has 22 heavy (non-hydrogen) atoms. The molecule has 1 aromatic heterocycles. The Kier molecular flexibility index (Phi) is 3.31. The molecule has 0 spiro atoms. The zero-order chi connectivity index (χ0) is 15.9. The van der Waals surface area contributed by atoms with Gasteiger partial charge in [-0.1, -0.05) is 12.1 Å². The fraction of sp³-hybridized carbons (Fsp3) is 0.312. The standard InChI is InChI=1S/C16H17FN4O/c1-16(2)10-21(15(22)20(16)3)14-9-18-13(8-19-14)11-5-4-6-12(17)7-11/h4-9H,10H2,1-3H3. The van der Waals surface area contributed by atoms with Crippen molar-refractivity contribution in [3.63, 3.8) is 0 Å². The summed E-state index contributed by atoms with van der Waals surface area (Å²) >= 11 is 0. The molecule has 3 rings (SSSR count). The van der Waals surface area contributed by atoms with Gasteiger partial charge in [-0.15, -0.1) is 0 Å². The normalized spacial score (nSPS) is 17.2. The predicted molar refractivity (Wildman–Crippen MR) is 82.0 cm³/mol. The zero-order valence-electron chi connectivity index (χ0n) is 12.7. The number of aromatic nitrogens is 2. The third-order valence-corrected chi connectivity index (χ3v) is 4.01. The van der Waals surface area contributed by atoms with Crippen LogP contribution in [0.25, 0.3) is 11.3 Å². The van der Waals surface area contributed by atoms with Crippen LogP contribution in [0.3, 0.4) is 0 Å². The van der Waals surface area contributed by atoms with Gasteiger partial charge in [-0.25, -0.2) is 14.2 Å². The van der Waals surface area contributed by atoms with Gasteiger partial charge in [0.1, 0.15) is 5.82 Å². The Hall–Kier alpha value is -2.50. The van der Waals surface area contributed by atoms with E-state index < -0.39 is 0 Å². The SMILES string of the molecule is CN1C(=O)N(c2cnc(-c3cccc(F)c3)cn2)CC1(C)C. The first-order valence-electron chi connectivity index (χ1n) is 7.02. The van der Waals surface area contributed by atoms with Crippen molar-refractivity contribution in [3.05, 3.63) is 42.5 Å². The van der Waals surface area contributed by atoms with Gasteiger partial charge in [-0.2, -0.15) is 0 Å². The molecular formula is C16H17FN4O. The Morgan fingerprint density at radius 2 is 2.00 bits per heavy atom. The highest BCUT2D eigenvalue weighted by atomic mass is 19.1. The van der Waals surface area contributed by atoms with Gasteiger partial charge >= 0.3 is 6.03 Å². The van der Waals surface area contributed by atoms with Crippen LogP contribution in [0.4, 0.5) is 15.0 Å². The Balaban J connectivity index is 1.88. The van der Waals surface area contributed by atoms with Crippen molar-refractivity contribution in [2.45, 2.75) is 19.4 Å². The maximum Gasteiger partial charge on any atom is 0.326 e. The van der Waals surface area contributed by atoms with Crippen LogP contribution in [-0.4, -0.2) is 40.0 Å². The minimum Gasteiger partial charge on any atom is -0.320 e. The summed E-state index contributed by atoms with van der Waals surface area (Å²) in [5.74, 6) is 0.184. The number of amides is 2. The topological polar surface area (TPSA) is 49.3 Å². The van der Waals surface area contributed by atoms with E-state index in [-0.39, 0.29) is 17.4 Å². The maximum absolute atomic E-state index is 13.3. The summed E-state index contributed by atoms with van der Waals surface area (Å²) < 4.78 is 13.3. The number of benzene rings is 1. The van der Waals surface area contributed by atoms with Crippen molar-refractivity contribution < 1.29 is 9.18 Å². The second kappa shape index (κ2) is 5.05. The average molecular weight is 300 g/mol. The molecule has 0 bridgehead atoms. The molecule has 0 aliphatic carbocycles. The number of hydrogen-bond acceptors (Lipinski definition) is 3. The molecule has 0 atom stereocenters. The lowest BCUT2D eigenvalue weighted by atomic mass is 10.1. The first-order valence-corrected chi connectivity index (χ1v) is 7.02. The molecule has 2 heterocycles. The molecule has 6 heteroatoms. The maximum atomic E-state index is 13.3. The van der Waals surface area contributed by atoms with Gasteiger partial charge in [0.05, 0.1) is 30.2 Å². The number of hydrogen-bond donors (Lipinski definition) is 0. The Morgan fingerprint density at radius 1 is 1.23 bits per heavy atom. The molecule has 1 aromatic carbocycles. The zero-order valence-corrected chi connectivity index (χ0v) is 12.7. The summed E-state index contributed by atoms with van der Waals surface area (Å²) in [6, 6.07) is 6.08. The van der Waals surface area contributed by atoms with E-state index in [9.17, 15) is 9.18 Å². The van der Waals surface area contributed by atoms with Gasteiger partial charge in [0, 0.05) is 12.6 Å². The van der Waals surface area contributed by atoms with E-state index in [4.69, 9.17) is 0 Å². The summed E-state index contributed by atoms with van der Waals surface area (Å²) in [6.07, 6.45) is 3.11. The molecule has 1 fully saturated rings. The third-order valence-electron chi connectivity index (χ3n) is 4.01. The van der Waals surface area contributed by atoms with Gasteiger partial charge in [0.25, 0.3) is 0 Å². The van der Waals surface area contributed by atoms with E-state index in [1.807, 2.05) is 13.8 Å². The van der Waals surface area contributed by atoms with Crippen molar-refractivity contribution in [2.75, 3.05) is 18.5 Å². The first kappa shape index (κ1) is 14.4. The number of carbonyl (C=O) groups excluding carboxylic acids is 1. The fourth-order valence-corrected chi connectivity index (χ4v) is 2.44. The third kappa shape index (κ3) is 2.41. The number of urea groups is 1. The molecule has 2 aromatic rings. The van der Waals surface area contributed by atoms with Gasteiger partial charge in [0.15, 0.2) is 5.82 Å². The van der Waals surface area contributed by atoms with E-state index in [0.29, 0.717) is 23.6 Å². The second-order valence-corrected chi connectivity index (χ2v) is 6.01. The highest BCUT2D eigenvalue weighted by Crippen LogP contribution is 2.28. The van der Waals surface area contributed by atoms with Crippen LogP contribution < -0.4 is 4.90 Å². The summed E-state index contributed by atoms with van der Waals surface area (Å²) in [6.45, 7) is 4.55. The molecule has 0 unspecified atom stereocenters. The largest absolute Gasteiger partial charge is 0.326 e. The number of likely N-dealkylation sites (N-methyl/N-ethyl adjacent to an activating group) is 1. The van der Waals surface area contributed by atoms with Crippen molar-refractivity contribution in [2.24, 2.45) is 0 Å². The minimum absolute atomic E-state index is 0.0993. The molecule has 0 saturated carbocycles. The van der Waals surface area contributed by atoms with Crippen LogP contribution in [0.5, 0.6) is 0 Å². The molecule has 1 saturated heterocycles. The predicted octanol–water partition coefficient (Wildman–Crippen LogP) is 2.93. The summed E-state index contributed by atoms with van der Waals surface area (Å²) in [4.78, 5) is 24.2. The van der Waals surface area contributed by atoms with Gasteiger partial charge in [-0.05, 0) is 26.0 Å². The summed E-state index contributed by atoms with van der Waals surface area (Å²) in [7, 11) is 1.77. The number of carbonyl (C=O) groups is 1. The van der Waals surface area contributed by atoms with Gasteiger partial charge in [0.2, 0.25) is 0 Å². The molecule has 1 aliphatic heterocycles. The van der Waals surface area contributed by atoms with Crippen LogP contribution >= 0.6 is 0 Å². The Morgan fingerprint density at radius 3 is 2.55 bits per heavy atom. The Labute approximate surface area is 128 Å². The number of halogens is 1. The quantitative estimate of drug-likeness (QED) is 0.857. The average Bonchev–Trinajstić information content (AvgIpc) is 2.71. The highest BCUT2D eigenvalue weighted by molar-refractivity contribution is 5.94. The number of rotatable bonds is 2. The lowest BCUT2D eigenvalue weighted by Gasteiger charge is -2.24. The van der Waals surface area contributed by atoms with Crippen LogP contribution in [0.15, 0.2) is 36.7 Å².